The van der Waals surface area contributed by atoms with Crippen molar-refractivity contribution in [3.8, 4) is 0 Å². The number of hydrogen-bond donors (Lipinski definition) is 1. The van der Waals surface area contributed by atoms with Gasteiger partial charge in [-0.3, -0.25) is 0 Å². The fourth-order valence-electron chi connectivity index (χ4n) is 9.72. The fraction of sp³-hybridized carbons (Fsp3) is 0.880. The van der Waals surface area contributed by atoms with E-state index in [1.807, 2.05) is 0 Å². The SMILES string of the molecule is CC1(C)CCC[C@]2(C)[C@H]3CC[C@]4(C)C5C(=CC[C@H]4[C@]3(C)CC[C@@H]12)C(=O)O[C@H]5O. The van der Waals surface area contributed by atoms with Crippen LogP contribution in [0.15, 0.2) is 11.6 Å². The van der Waals surface area contributed by atoms with E-state index in [-0.39, 0.29) is 17.3 Å². The molecule has 3 saturated carbocycles. The van der Waals surface area contributed by atoms with Gasteiger partial charge in [0.25, 0.3) is 0 Å². The van der Waals surface area contributed by atoms with E-state index < -0.39 is 6.29 Å². The van der Waals surface area contributed by atoms with E-state index in [1.54, 1.807) is 0 Å². The van der Waals surface area contributed by atoms with Gasteiger partial charge in [0.2, 0.25) is 6.29 Å². The molecule has 0 radical (unpaired) electrons. The molecule has 1 N–H and O–H groups in total. The van der Waals surface area contributed by atoms with Crippen LogP contribution in [0.5, 0.6) is 0 Å². The molecule has 4 aliphatic carbocycles. The van der Waals surface area contributed by atoms with E-state index >= 15 is 0 Å². The van der Waals surface area contributed by atoms with E-state index in [0.717, 1.165) is 30.3 Å². The van der Waals surface area contributed by atoms with Crippen LogP contribution in [0.25, 0.3) is 0 Å². The van der Waals surface area contributed by atoms with Crippen molar-refractivity contribution in [3.05, 3.63) is 11.6 Å². The van der Waals surface area contributed by atoms with Crippen LogP contribution < -0.4 is 0 Å². The van der Waals surface area contributed by atoms with Crippen molar-refractivity contribution in [2.24, 2.45) is 45.3 Å². The van der Waals surface area contributed by atoms with Gasteiger partial charge in [-0.1, -0.05) is 47.1 Å². The van der Waals surface area contributed by atoms with Crippen LogP contribution in [0.4, 0.5) is 0 Å². The predicted molar refractivity (Wildman–Crippen MR) is 109 cm³/mol. The van der Waals surface area contributed by atoms with Gasteiger partial charge >= 0.3 is 5.97 Å². The highest BCUT2D eigenvalue weighted by atomic mass is 16.6. The number of aliphatic hydroxyl groups is 1. The molecule has 0 amide bonds. The second-order valence-corrected chi connectivity index (χ2v) is 12.3. The highest BCUT2D eigenvalue weighted by Crippen LogP contribution is 2.73. The van der Waals surface area contributed by atoms with Crippen molar-refractivity contribution in [2.75, 3.05) is 0 Å². The van der Waals surface area contributed by atoms with Crippen LogP contribution in [0.2, 0.25) is 0 Å². The molecule has 0 aromatic heterocycles. The molecule has 1 unspecified atom stereocenters. The van der Waals surface area contributed by atoms with Crippen molar-refractivity contribution in [3.63, 3.8) is 0 Å². The molecular weight excluding hydrogens is 348 g/mol. The molecule has 156 valence electrons. The molecule has 0 bridgehead atoms. The topological polar surface area (TPSA) is 46.5 Å². The van der Waals surface area contributed by atoms with Crippen LogP contribution in [0.1, 0.15) is 86.0 Å². The lowest BCUT2D eigenvalue weighted by Gasteiger charge is -2.69. The molecule has 1 saturated heterocycles. The van der Waals surface area contributed by atoms with Gasteiger partial charge < -0.3 is 9.84 Å². The first-order chi connectivity index (χ1) is 13.0. The van der Waals surface area contributed by atoms with Crippen LogP contribution in [-0.4, -0.2) is 17.4 Å². The summed E-state index contributed by atoms with van der Waals surface area (Å²) in [6.07, 6.45) is 11.2. The second kappa shape index (κ2) is 5.65. The zero-order chi connectivity index (χ0) is 20.1. The highest BCUT2D eigenvalue weighted by Gasteiger charge is 2.67. The summed E-state index contributed by atoms with van der Waals surface area (Å²) in [7, 11) is 0. The van der Waals surface area contributed by atoms with Gasteiger partial charge in [0.15, 0.2) is 0 Å². The molecule has 28 heavy (non-hydrogen) atoms. The van der Waals surface area contributed by atoms with Crippen molar-refractivity contribution in [1.82, 2.24) is 0 Å². The summed E-state index contributed by atoms with van der Waals surface area (Å²) < 4.78 is 5.27. The molecule has 1 aliphatic heterocycles. The fourth-order valence-corrected chi connectivity index (χ4v) is 9.72. The van der Waals surface area contributed by atoms with Crippen LogP contribution in [0, 0.1) is 45.3 Å². The Morgan fingerprint density at radius 3 is 2.29 bits per heavy atom. The summed E-state index contributed by atoms with van der Waals surface area (Å²) >= 11 is 0. The van der Waals surface area contributed by atoms with E-state index in [2.05, 4.69) is 40.7 Å². The second-order valence-electron chi connectivity index (χ2n) is 12.3. The number of carbonyl (C=O) groups excluding carboxylic acids is 1. The number of allylic oxidation sites excluding steroid dienone is 1. The lowest BCUT2D eigenvalue weighted by molar-refractivity contribution is -0.213. The first-order valence-corrected chi connectivity index (χ1v) is 11.6. The number of fused-ring (bicyclic) bond motifs is 7. The van der Waals surface area contributed by atoms with Gasteiger partial charge in [0.05, 0.1) is 5.92 Å². The van der Waals surface area contributed by atoms with Gasteiger partial charge in [0, 0.05) is 5.57 Å². The van der Waals surface area contributed by atoms with Crippen molar-refractivity contribution in [2.45, 2.75) is 92.3 Å². The molecule has 5 rings (SSSR count). The molecule has 1 heterocycles. The minimum absolute atomic E-state index is 0.0334. The molecule has 4 fully saturated rings. The zero-order valence-electron chi connectivity index (χ0n) is 18.4. The van der Waals surface area contributed by atoms with Crippen LogP contribution in [-0.2, 0) is 9.53 Å². The molecule has 5 aliphatic rings. The average molecular weight is 387 g/mol. The van der Waals surface area contributed by atoms with Gasteiger partial charge in [0.1, 0.15) is 0 Å². The Balaban J connectivity index is 1.56. The van der Waals surface area contributed by atoms with E-state index in [0.29, 0.717) is 22.2 Å². The van der Waals surface area contributed by atoms with Gasteiger partial charge in [-0.25, -0.2) is 4.79 Å². The summed E-state index contributed by atoms with van der Waals surface area (Å²) in [5.74, 6) is 1.69. The molecule has 3 heteroatoms. The van der Waals surface area contributed by atoms with Gasteiger partial charge in [-0.15, -0.1) is 0 Å². The van der Waals surface area contributed by atoms with Gasteiger partial charge in [-0.2, -0.15) is 0 Å². The van der Waals surface area contributed by atoms with Gasteiger partial charge in [-0.05, 0) is 84.4 Å². The lowest BCUT2D eigenvalue weighted by atomic mass is 9.35. The van der Waals surface area contributed by atoms with Crippen molar-refractivity contribution < 1.29 is 14.6 Å². The number of ether oxygens (including phenoxy) is 1. The third-order valence-electron chi connectivity index (χ3n) is 10.8. The number of esters is 1. The summed E-state index contributed by atoms with van der Waals surface area (Å²) in [6.45, 7) is 12.5. The number of hydrogen-bond acceptors (Lipinski definition) is 3. The summed E-state index contributed by atoms with van der Waals surface area (Å²) in [5.41, 5.74) is 1.90. The Hall–Kier alpha value is -0.830. The minimum atomic E-state index is -0.952. The molecule has 0 spiro atoms. The quantitative estimate of drug-likeness (QED) is 0.561. The zero-order valence-corrected chi connectivity index (χ0v) is 18.4. The monoisotopic (exact) mass is 386 g/mol. The summed E-state index contributed by atoms with van der Waals surface area (Å²) in [4.78, 5) is 12.3. The average Bonchev–Trinajstić information content (AvgIpc) is 2.88. The first kappa shape index (κ1) is 19.2. The van der Waals surface area contributed by atoms with E-state index in [1.165, 1.54) is 38.5 Å². The van der Waals surface area contributed by atoms with Crippen molar-refractivity contribution >= 4 is 5.97 Å². The Kier molecular flexibility index (Phi) is 3.86. The Bertz CT molecular complexity index is 738. The predicted octanol–water partition coefficient (Wildman–Crippen LogP) is 5.47. The number of carbonyl (C=O) groups is 1. The molecule has 0 aromatic carbocycles. The standard InChI is InChI=1S/C25H38O3/c1-22(2)11-6-12-23(3)16(22)9-13-24(4)17-8-7-15-19(21(27)28-20(15)26)25(17,5)14-10-18(23)24/h7,16-19,21,27H,6,8-14H2,1-5H3/t16-,17-,18+,19?,21+,23-,24-,25-/m0/s1. The maximum atomic E-state index is 12.3. The Morgan fingerprint density at radius 1 is 0.893 bits per heavy atom. The number of cyclic esters (lactones) is 1. The van der Waals surface area contributed by atoms with Crippen LogP contribution in [0.3, 0.4) is 0 Å². The van der Waals surface area contributed by atoms with Crippen LogP contribution >= 0.6 is 0 Å². The third kappa shape index (κ3) is 2.18. The maximum Gasteiger partial charge on any atom is 0.336 e. The molecule has 8 atom stereocenters. The Labute approximate surface area is 170 Å². The molecular formula is C25H38O3. The first-order valence-electron chi connectivity index (χ1n) is 11.6. The number of aliphatic hydroxyl groups excluding tert-OH is 1. The van der Waals surface area contributed by atoms with E-state index in [4.69, 9.17) is 4.74 Å². The maximum absolute atomic E-state index is 12.3. The minimum Gasteiger partial charge on any atom is -0.432 e. The smallest absolute Gasteiger partial charge is 0.336 e. The Morgan fingerprint density at radius 2 is 1.54 bits per heavy atom. The molecule has 3 nitrogen and oxygen atoms in total. The normalized spacial score (nSPS) is 54.6. The number of rotatable bonds is 0. The lowest BCUT2D eigenvalue weighted by Crippen LogP contribution is -2.62. The molecule has 0 aromatic rings. The van der Waals surface area contributed by atoms with E-state index in [9.17, 15) is 9.90 Å². The largest absolute Gasteiger partial charge is 0.432 e. The summed E-state index contributed by atoms with van der Waals surface area (Å²) in [6, 6.07) is 0. The highest BCUT2D eigenvalue weighted by molar-refractivity contribution is 5.91. The summed E-state index contributed by atoms with van der Waals surface area (Å²) in [5, 5.41) is 10.6. The third-order valence-corrected chi connectivity index (χ3v) is 10.8. The van der Waals surface area contributed by atoms with Crippen molar-refractivity contribution in [1.29, 1.82) is 0 Å².